The Morgan fingerprint density at radius 1 is 1.04 bits per heavy atom. The van der Waals surface area contributed by atoms with Crippen LogP contribution < -0.4 is 0 Å². The van der Waals surface area contributed by atoms with Gasteiger partial charge in [0.05, 0.1) is 6.61 Å². The summed E-state index contributed by atoms with van der Waals surface area (Å²) in [6, 6.07) is 5.64. The van der Waals surface area contributed by atoms with Gasteiger partial charge in [-0.05, 0) is 86.7 Å². The molecule has 2 aliphatic carbocycles. The van der Waals surface area contributed by atoms with Crippen LogP contribution in [-0.2, 0) is 17.8 Å². The van der Waals surface area contributed by atoms with Gasteiger partial charge in [0.2, 0.25) is 0 Å². The van der Waals surface area contributed by atoms with Crippen LogP contribution in [0.5, 0.6) is 0 Å². The third kappa shape index (κ3) is 6.06. The average molecular weight is 393 g/mol. The molecule has 0 radical (unpaired) electrons. The number of hydrogen-bond donors (Lipinski definition) is 0. The Balaban J connectivity index is 1.39. The summed E-state index contributed by atoms with van der Waals surface area (Å²) >= 11 is 5.73. The van der Waals surface area contributed by atoms with Gasteiger partial charge in [-0.1, -0.05) is 42.7 Å². The molecule has 0 heterocycles. The second kappa shape index (κ2) is 10.6. The largest absolute Gasteiger partial charge is 0.380 e. The minimum Gasteiger partial charge on any atom is -0.380 e. The van der Waals surface area contributed by atoms with Crippen LogP contribution in [0.25, 0.3) is 0 Å². The lowest BCUT2D eigenvalue weighted by molar-refractivity contribution is 0.153. The fourth-order valence-electron chi connectivity index (χ4n) is 5.25. The van der Waals surface area contributed by atoms with Crippen LogP contribution in [0.2, 0.25) is 0 Å². The molecule has 0 saturated heterocycles. The molecule has 0 atom stereocenters. The second-order valence-corrected chi connectivity index (χ2v) is 8.92. The lowest BCUT2D eigenvalue weighted by atomic mass is 9.68. The van der Waals surface area contributed by atoms with Gasteiger partial charge in [0.25, 0.3) is 0 Å². The van der Waals surface area contributed by atoms with Crippen molar-refractivity contribution in [2.24, 2.45) is 23.7 Å². The number of rotatable bonds is 7. The van der Waals surface area contributed by atoms with Crippen LogP contribution in [0.4, 0.5) is 4.39 Å². The van der Waals surface area contributed by atoms with E-state index in [2.05, 4.69) is 12.1 Å². The number of aryl methyl sites for hydroxylation is 1. The van der Waals surface area contributed by atoms with Crippen molar-refractivity contribution >= 4 is 11.6 Å². The van der Waals surface area contributed by atoms with Crippen molar-refractivity contribution in [3.8, 4) is 0 Å². The molecule has 0 aromatic heterocycles. The molecule has 150 valence electrons. The Bertz CT molecular complexity index is 598. The fraction of sp³-hybridized carbons (Fsp3) is 0.667. The molecule has 0 spiro atoms. The molecule has 1 aromatic carbocycles. The van der Waals surface area contributed by atoms with Gasteiger partial charge in [-0.15, -0.1) is 0 Å². The predicted molar refractivity (Wildman–Crippen MR) is 111 cm³/mol. The molecule has 0 N–H and O–H groups in total. The minimum absolute atomic E-state index is 0.127. The maximum atomic E-state index is 14.0. The van der Waals surface area contributed by atoms with Crippen molar-refractivity contribution in [2.75, 3.05) is 7.11 Å². The molecule has 27 heavy (non-hydrogen) atoms. The molecule has 2 fully saturated rings. The molecule has 0 unspecified atom stereocenters. The third-order valence-corrected chi connectivity index (χ3v) is 7.12. The molecule has 3 rings (SSSR count). The Kier molecular flexibility index (Phi) is 8.21. The van der Waals surface area contributed by atoms with E-state index in [4.69, 9.17) is 16.3 Å². The molecule has 0 amide bonds. The normalized spacial score (nSPS) is 29.3. The van der Waals surface area contributed by atoms with E-state index in [1.165, 1.54) is 57.8 Å². The van der Waals surface area contributed by atoms with Gasteiger partial charge in [-0.25, -0.2) is 4.39 Å². The van der Waals surface area contributed by atoms with Crippen molar-refractivity contribution in [1.29, 1.82) is 0 Å². The Morgan fingerprint density at radius 3 is 2.30 bits per heavy atom. The van der Waals surface area contributed by atoms with E-state index >= 15 is 0 Å². The summed E-state index contributed by atoms with van der Waals surface area (Å²) in [5.41, 5.74) is 3.48. The molecule has 0 aliphatic heterocycles. The Labute approximate surface area is 169 Å². The van der Waals surface area contributed by atoms with E-state index < -0.39 is 0 Å². The van der Waals surface area contributed by atoms with E-state index in [1.807, 2.05) is 6.07 Å². The topological polar surface area (TPSA) is 9.23 Å². The summed E-state index contributed by atoms with van der Waals surface area (Å²) in [6.07, 6.45) is 15.3. The monoisotopic (exact) mass is 392 g/mol. The van der Waals surface area contributed by atoms with E-state index in [-0.39, 0.29) is 5.82 Å². The van der Waals surface area contributed by atoms with E-state index in [0.717, 1.165) is 29.7 Å². The van der Waals surface area contributed by atoms with Crippen molar-refractivity contribution in [3.05, 3.63) is 46.8 Å². The van der Waals surface area contributed by atoms with E-state index in [9.17, 15) is 4.39 Å². The maximum Gasteiger partial charge on any atom is 0.128 e. The molecule has 2 saturated carbocycles. The minimum atomic E-state index is -0.127. The molecule has 1 nitrogen and oxygen atoms in total. The van der Waals surface area contributed by atoms with Crippen molar-refractivity contribution < 1.29 is 9.13 Å². The first-order chi connectivity index (χ1) is 13.2. The summed E-state index contributed by atoms with van der Waals surface area (Å²) < 4.78 is 19.1. The predicted octanol–water partition coefficient (Wildman–Crippen LogP) is 7.27. The number of ether oxygens (including phenoxy) is 1. The van der Waals surface area contributed by atoms with Gasteiger partial charge < -0.3 is 4.74 Å². The molecular formula is C24H34ClFO. The van der Waals surface area contributed by atoms with Crippen LogP contribution in [0.3, 0.4) is 0 Å². The summed E-state index contributed by atoms with van der Waals surface area (Å²) in [4.78, 5) is 0. The van der Waals surface area contributed by atoms with Crippen molar-refractivity contribution in [2.45, 2.75) is 70.8 Å². The highest BCUT2D eigenvalue weighted by Crippen LogP contribution is 2.42. The van der Waals surface area contributed by atoms with Gasteiger partial charge in [0.1, 0.15) is 5.82 Å². The van der Waals surface area contributed by atoms with Crippen LogP contribution in [0.1, 0.15) is 68.9 Å². The first-order valence-electron chi connectivity index (χ1n) is 10.7. The third-order valence-electron chi connectivity index (χ3n) is 6.98. The first kappa shape index (κ1) is 20.9. The highest BCUT2D eigenvalue weighted by atomic mass is 35.5. The fourth-order valence-corrected chi connectivity index (χ4v) is 5.46. The summed E-state index contributed by atoms with van der Waals surface area (Å²) in [7, 11) is 1.60. The van der Waals surface area contributed by atoms with Crippen LogP contribution in [0.15, 0.2) is 29.8 Å². The molecule has 2 aliphatic rings. The highest BCUT2D eigenvalue weighted by molar-refractivity contribution is 6.25. The van der Waals surface area contributed by atoms with Gasteiger partial charge in [-0.3, -0.25) is 0 Å². The summed E-state index contributed by atoms with van der Waals surface area (Å²) in [5.74, 6) is 3.28. The number of methoxy groups -OCH3 is 1. The number of hydrogen-bond acceptors (Lipinski definition) is 1. The number of halogens is 2. The summed E-state index contributed by atoms with van der Waals surface area (Å²) in [6.45, 7) is 0.347. The van der Waals surface area contributed by atoms with Crippen LogP contribution >= 0.6 is 11.6 Å². The second-order valence-electron chi connectivity index (χ2n) is 8.67. The average Bonchev–Trinajstić information content (AvgIpc) is 2.70. The van der Waals surface area contributed by atoms with Gasteiger partial charge >= 0.3 is 0 Å². The Hall–Kier alpha value is -0.860. The number of benzene rings is 1. The van der Waals surface area contributed by atoms with Crippen LogP contribution in [0, 0.1) is 29.5 Å². The molecular weight excluding hydrogens is 359 g/mol. The molecule has 1 aromatic rings. The number of allylic oxidation sites excluding steroid dienone is 1. The summed E-state index contributed by atoms with van der Waals surface area (Å²) in [5, 5.41) is 0. The standard InChI is InChI=1S/C24H34ClFO/c1-27-17-23-13-8-20(16-24(23)26)3-2-18-4-9-21(10-5-18)22-11-6-19(7-12-22)14-15-25/h8,13-16,18-19,21-22H,2-7,9-12,17H2,1H3/b15-14+. The lowest BCUT2D eigenvalue weighted by Crippen LogP contribution is -2.25. The van der Waals surface area contributed by atoms with Crippen molar-refractivity contribution in [3.63, 3.8) is 0 Å². The van der Waals surface area contributed by atoms with Gasteiger partial charge in [0.15, 0.2) is 0 Å². The van der Waals surface area contributed by atoms with E-state index in [1.54, 1.807) is 18.7 Å². The van der Waals surface area contributed by atoms with Crippen molar-refractivity contribution in [1.82, 2.24) is 0 Å². The first-order valence-corrected chi connectivity index (χ1v) is 11.2. The van der Waals surface area contributed by atoms with Gasteiger partial charge in [-0.2, -0.15) is 0 Å². The van der Waals surface area contributed by atoms with Gasteiger partial charge in [0, 0.05) is 18.2 Å². The lowest BCUT2D eigenvalue weighted by Gasteiger charge is -2.37. The van der Waals surface area contributed by atoms with E-state index in [0.29, 0.717) is 18.1 Å². The van der Waals surface area contributed by atoms with Crippen LogP contribution in [-0.4, -0.2) is 7.11 Å². The highest BCUT2D eigenvalue weighted by Gasteiger charge is 2.30. The quantitative estimate of drug-likeness (QED) is 0.474. The zero-order chi connectivity index (χ0) is 19.1. The zero-order valence-corrected chi connectivity index (χ0v) is 17.4. The zero-order valence-electron chi connectivity index (χ0n) is 16.6. The Morgan fingerprint density at radius 2 is 1.70 bits per heavy atom. The molecule has 0 bridgehead atoms. The SMILES string of the molecule is COCc1ccc(CCC2CCC(C3CCC(/C=C/Cl)CC3)CC2)cc1F. The molecule has 3 heteroatoms. The maximum absolute atomic E-state index is 14.0. The smallest absolute Gasteiger partial charge is 0.128 e.